The third-order valence-electron chi connectivity index (χ3n) is 6.63. The van der Waals surface area contributed by atoms with Crippen LogP contribution in [0.3, 0.4) is 0 Å². The van der Waals surface area contributed by atoms with Gasteiger partial charge in [0, 0.05) is 34.5 Å². The van der Waals surface area contributed by atoms with Crippen molar-refractivity contribution in [3.63, 3.8) is 0 Å². The lowest BCUT2D eigenvalue weighted by molar-refractivity contribution is 0.378. The number of rotatable bonds is 4. The molecule has 0 amide bonds. The highest BCUT2D eigenvalue weighted by molar-refractivity contribution is 6.30. The molecule has 4 aromatic rings. The average molecular weight is 505 g/mol. The van der Waals surface area contributed by atoms with Crippen LogP contribution in [0, 0.1) is 0 Å². The second kappa shape index (κ2) is 8.27. The molecule has 2 aliphatic rings. The van der Waals surface area contributed by atoms with E-state index in [-0.39, 0.29) is 6.04 Å². The summed E-state index contributed by atoms with van der Waals surface area (Å²) in [4.78, 5) is 2.11. The Hall–Kier alpha value is -3.59. The van der Waals surface area contributed by atoms with Crippen LogP contribution in [0.15, 0.2) is 78.6 Å². The third kappa shape index (κ3) is 3.53. The molecule has 10 heteroatoms. The quantitative estimate of drug-likeness (QED) is 0.337. The molecule has 2 atom stereocenters. The summed E-state index contributed by atoms with van der Waals surface area (Å²) in [6.45, 7) is 0.674. The Labute approximate surface area is 212 Å². The predicted octanol–water partition coefficient (Wildman–Crippen LogP) is 4.21. The van der Waals surface area contributed by atoms with Gasteiger partial charge in [-0.2, -0.15) is 4.68 Å². The lowest BCUT2D eigenvalue weighted by Gasteiger charge is -2.37. The Bertz CT molecular complexity index is 1450. The first kappa shape index (κ1) is 21.9. The molecule has 0 bridgehead atoms. The van der Waals surface area contributed by atoms with Crippen molar-refractivity contribution in [2.75, 3.05) is 19.0 Å². The van der Waals surface area contributed by atoms with E-state index in [0.717, 1.165) is 33.6 Å². The number of anilines is 2. The van der Waals surface area contributed by atoms with Crippen LogP contribution in [0.5, 0.6) is 0 Å². The van der Waals surface area contributed by atoms with Gasteiger partial charge in [-0.05, 0) is 63.5 Å². The molecular formula is C25H22Cl2N8. The fraction of sp³-hybridized carbons (Fsp3) is 0.160. The van der Waals surface area contributed by atoms with E-state index in [1.165, 1.54) is 0 Å². The summed E-state index contributed by atoms with van der Waals surface area (Å²) in [6.07, 6.45) is 1.97. The zero-order chi connectivity index (χ0) is 24.2. The van der Waals surface area contributed by atoms with Crippen LogP contribution in [0.2, 0.25) is 10.0 Å². The smallest absolute Gasteiger partial charge is 0.248 e. The van der Waals surface area contributed by atoms with Gasteiger partial charge in [-0.1, -0.05) is 58.6 Å². The van der Waals surface area contributed by atoms with E-state index in [1.807, 2.05) is 73.9 Å². The van der Waals surface area contributed by atoms with Gasteiger partial charge in [0.1, 0.15) is 11.6 Å². The predicted molar refractivity (Wildman–Crippen MR) is 137 cm³/mol. The first-order chi connectivity index (χ1) is 16.9. The number of tetrazole rings is 1. The molecular weight excluding hydrogens is 483 g/mol. The van der Waals surface area contributed by atoms with Gasteiger partial charge < -0.3 is 21.3 Å². The van der Waals surface area contributed by atoms with Crippen molar-refractivity contribution >= 4 is 34.8 Å². The number of hydrogen-bond acceptors (Lipinski definition) is 7. The number of benzene rings is 3. The third-order valence-corrected chi connectivity index (χ3v) is 7.12. The Kier molecular flexibility index (Phi) is 5.17. The molecule has 4 N–H and O–H groups in total. The largest absolute Gasteiger partial charge is 0.372 e. The van der Waals surface area contributed by atoms with Gasteiger partial charge in [-0.15, -0.1) is 0 Å². The lowest BCUT2D eigenvalue weighted by atomic mass is 9.79. The molecule has 0 radical (unpaired) electrons. The average Bonchev–Trinajstić information content (AvgIpc) is 3.51. The second-order valence-corrected chi connectivity index (χ2v) is 9.61. The van der Waals surface area contributed by atoms with Crippen molar-refractivity contribution < 1.29 is 0 Å². The second-order valence-electron chi connectivity index (χ2n) is 8.74. The Morgan fingerprint density at radius 2 is 1.80 bits per heavy atom. The lowest BCUT2D eigenvalue weighted by Crippen LogP contribution is -2.44. The van der Waals surface area contributed by atoms with Crippen molar-refractivity contribution in [1.29, 1.82) is 0 Å². The highest BCUT2D eigenvalue weighted by Crippen LogP contribution is 2.43. The van der Waals surface area contributed by atoms with Crippen LogP contribution in [0.1, 0.15) is 28.3 Å². The van der Waals surface area contributed by atoms with E-state index in [1.54, 1.807) is 4.68 Å². The highest BCUT2D eigenvalue weighted by Gasteiger charge is 2.39. The number of nitrogens with zero attached hydrogens (tertiary/aromatic N) is 5. The number of aromatic nitrogens is 4. The van der Waals surface area contributed by atoms with Crippen LogP contribution in [-0.4, -0.2) is 38.8 Å². The summed E-state index contributed by atoms with van der Waals surface area (Å²) in [5, 5.41) is 20.2. The van der Waals surface area contributed by atoms with Gasteiger partial charge in [0.2, 0.25) is 5.95 Å². The zero-order valence-corrected chi connectivity index (χ0v) is 20.3. The standard InChI is InChI=1S/C25H22Cl2N8/c1-34-14-29-13-22(34)25(28,16-5-8-18(26)9-6-16)17-7-10-21-20(12-17)23(15-3-2-4-19(27)11-15)35-24(30-21)31-32-33-35/h2-13,23,29H,14,28H2,1H3,(H,30,31,33). The molecule has 2 aliphatic heterocycles. The maximum atomic E-state index is 7.32. The van der Waals surface area contributed by atoms with E-state index >= 15 is 0 Å². The molecule has 8 nitrogen and oxygen atoms in total. The normalized spacial score (nSPS) is 18.1. The summed E-state index contributed by atoms with van der Waals surface area (Å²) < 4.78 is 1.76. The first-order valence-corrected chi connectivity index (χ1v) is 11.9. The minimum atomic E-state index is -0.933. The van der Waals surface area contributed by atoms with Crippen LogP contribution >= 0.6 is 23.2 Å². The number of likely N-dealkylation sites (N-methyl/N-ethyl adjacent to an activating group) is 1. The Balaban J connectivity index is 1.56. The summed E-state index contributed by atoms with van der Waals surface area (Å²) in [5.74, 6) is 0.564. The molecule has 0 saturated heterocycles. The monoisotopic (exact) mass is 504 g/mol. The van der Waals surface area contributed by atoms with Crippen molar-refractivity contribution in [1.82, 2.24) is 30.4 Å². The number of halogens is 2. The molecule has 3 heterocycles. The van der Waals surface area contributed by atoms with E-state index < -0.39 is 5.54 Å². The first-order valence-electron chi connectivity index (χ1n) is 11.1. The summed E-state index contributed by atoms with van der Waals surface area (Å²) in [5.41, 5.74) is 12.1. The maximum absolute atomic E-state index is 7.32. The topological polar surface area (TPSA) is 96.9 Å². The van der Waals surface area contributed by atoms with Crippen molar-refractivity contribution in [2.24, 2.45) is 5.73 Å². The van der Waals surface area contributed by atoms with Crippen LogP contribution < -0.4 is 16.4 Å². The number of nitrogens with two attached hydrogens (primary N) is 1. The minimum absolute atomic E-state index is 0.280. The van der Waals surface area contributed by atoms with Gasteiger partial charge in [0.15, 0.2) is 0 Å². The fourth-order valence-corrected chi connectivity index (χ4v) is 5.24. The number of hydrogen-bond donors (Lipinski definition) is 3. The van der Waals surface area contributed by atoms with Gasteiger partial charge in [-0.25, -0.2) is 0 Å². The number of fused-ring (bicyclic) bond motifs is 2. The summed E-state index contributed by atoms with van der Waals surface area (Å²) in [6, 6.07) is 21.3. The zero-order valence-electron chi connectivity index (χ0n) is 18.8. The summed E-state index contributed by atoms with van der Waals surface area (Å²) in [7, 11) is 2.02. The molecule has 0 saturated carbocycles. The highest BCUT2D eigenvalue weighted by atomic mass is 35.5. The molecule has 3 aromatic carbocycles. The summed E-state index contributed by atoms with van der Waals surface area (Å²) >= 11 is 12.6. The van der Waals surface area contributed by atoms with Crippen molar-refractivity contribution in [2.45, 2.75) is 11.6 Å². The molecule has 35 heavy (non-hydrogen) atoms. The Morgan fingerprint density at radius 1 is 1.00 bits per heavy atom. The van der Waals surface area contributed by atoms with E-state index in [0.29, 0.717) is 22.7 Å². The number of nitrogens with one attached hydrogen (secondary N) is 2. The van der Waals surface area contributed by atoms with Crippen LogP contribution in [-0.2, 0) is 5.54 Å². The van der Waals surface area contributed by atoms with Crippen molar-refractivity contribution in [3.05, 3.63) is 111 Å². The van der Waals surface area contributed by atoms with Gasteiger partial charge >= 0.3 is 0 Å². The molecule has 0 fully saturated rings. The molecule has 2 unspecified atom stereocenters. The molecule has 1 aromatic heterocycles. The van der Waals surface area contributed by atoms with E-state index in [2.05, 4.69) is 37.1 Å². The maximum Gasteiger partial charge on any atom is 0.248 e. The molecule has 176 valence electrons. The Morgan fingerprint density at radius 3 is 2.54 bits per heavy atom. The van der Waals surface area contributed by atoms with E-state index in [4.69, 9.17) is 28.9 Å². The van der Waals surface area contributed by atoms with E-state index in [9.17, 15) is 0 Å². The SMILES string of the molecule is CN1CNC=C1C(N)(c1ccc(Cl)cc1)c1ccc2c(c1)C(c1cccc(Cl)c1)n1nnnc1N2. The molecule has 6 rings (SSSR count). The molecule has 0 aliphatic carbocycles. The van der Waals surface area contributed by atoms with Gasteiger partial charge in [0.05, 0.1) is 12.4 Å². The minimum Gasteiger partial charge on any atom is -0.372 e. The van der Waals surface area contributed by atoms with Gasteiger partial charge in [-0.3, -0.25) is 0 Å². The molecule has 0 spiro atoms. The fourth-order valence-electron chi connectivity index (χ4n) is 4.91. The van der Waals surface area contributed by atoms with Crippen molar-refractivity contribution in [3.8, 4) is 0 Å². The van der Waals surface area contributed by atoms with Gasteiger partial charge in [0.25, 0.3) is 0 Å². The van der Waals surface area contributed by atoms with Crippen LogP contribution in [0.25, 0.3) is 0 Å². The van der Waals surface area contributed by atoms with Crippen LogP contribution in [0.4, 0.5) is 11.6 Å².